The van der Waals surface area contributed by atoms with Gasteiger partial charge in [0.25, 0.3) is 0 Å². The molecule has 0 radical (unpaired) electrons. The van der Waals surface area contributed by atoms with Crippen LogP contribution in [0.3, 0.4) is 0 Å². The fraction of sp³-hybridized carbons (Fsp3) is 0.438. The first-order chi connectivity index (χ1) is 11.0. The summed E-state index contributed by atoms with van der Waals surface area (Å²) >= 11 is 5.93. The molecule has 0 spiro atoms. The number of hydrogen-bond acceptors (Lipinski definition) is 4. The van der Waals surface area contributed by atoms with Gasteiger partial charge in [-0.25, -0.2) is 0 Å². The number of aryl methyl sites for hydroxylation is 1. The lowest BCUT2D eigenvalue weighted by Crippen LogP contribution is -2.19. The number of carboxylic acids is 1. The van der Waals surface area contributed by atoms with Crippen LogP contribution in [0, 0.1) is 12.8 Å². The van der Waals surface area contributed by atoms with Crippen molar-refractivity contribution < 1.29 is 9.90 Å². The SMILES string of the molecule is Cc1nnc([C@H]2C[C@H](CC(=O)O)CN2)n1Cc1ccc(Cl)cc1. The molecule has 6 nitrogen and oxygen atoms in total. The number of hydrogen-bond donors (Lipinski definition) is 2. The van der Waals surface area contributed by atoms with E-state index >= 15 is 0 Å². The van der Waals surface area contributed by atoms with Gasteiger partial charge in [-0.15, -0.1) is 10.2 Å². The number of rotatable bonds is 5. The first-order valence-corrected chi connectivity index (χ1v) is 8.00. The summed E-state index contributed by atoms with van der Waals surface area (Å²) in [4.78, 5) is 10.9. The highest BCUT2D eigenvalue weighted by Crippen LogP contribution is 2.28. The van der Waals surface area contributed by atoms with Crippen molar-refractivity contribution in [2.24, 2.45) is 5.92 Å². The highest BCUT2D eigenvalue weighted by molar-refractivity contribution is 6.30. The molecule has 1 fully saturated rings. The summed E-state index contributed by atoms with van der Waals surface area (Å²) in [5.41, 5.74) is 1.12. The first-order valence-electron chi connectivity index (χ1n) is 7.62. The van der Waals surface area contributed by atoms with Crippen LogP contribution in [0.15, 0.2) is 24.3 Å². The molecule has 0 saturated carbocycles. The van der Waals surface area contributed by atoms with Crippen molar-refractivity contribution in [2.45, 2.75) is 32.4 Å². The minimum Gasteiger partial charge on any atom is -0.481 e. The Hall–Kier alpha value is -1.92. The minimum absolute atomic E-state index is 0.0489. The Kier molecular flexibility index (Phi) is 4.63. The smallest absolute Gasteiger partial charge is 0.303 e. The van der Waals surface area contributed by atoms with Crippen LogP contribution in [0.2, 0.25) is 5.02 Å². The molecule has 0 unspecified atom stereocenters. The largest absolute Gasteiger partial charge is 0.481 e. The van der Waals surface area contributed by atoms with Crippen molar-refractivity contribution in [3.8, 4) is 0 Å². The van der Waals surface area contributed by atoms with E-state index in [4.69, 9.17) is 16.7 Å². The molecule has 7 heteroatoms. The number of benzene rings is 1. The number of aliphatic carboxylic acids is 1. The van der Waals surface area contributed by atoms with E-state index in [2.05, 4.69) is 20.1 Å². The van der Waals surface area contributed by atoms with Crippen molar-refractivity contribution >= 4 is 17.6 Å². The van der Waals surface area contributed by atoms with E-state index in [0.717, 1.165) is 23.6 Å². The maximum atomic E-state index is 10.9. The molecule has 0 bridgehead atoms. The lowest BCUT2D eigenvalue weighted by atomic mass is 10.0. The normalized spacial score (nSPS) is 20.8. The van der Waals surface area contributed by atoms with Crippen molar-refractivity contribution in [2.75, 3.05) is 6.54 Å². The zero-order valence-corrected chi connectivity index (χ0v) is 13.6. The predicted octanol–water partition coefficient (Wildman–Crippen LogP) is 2.41. The van der Waals surface area contributed by atoms with Gasteiger partial charge < -0.3 is 15.0 Å². The number of carboxylic acid groups (broad SMARTS) is 1. The van der Waals surface area contributed by atoms with Gasteiger partial charge in [-0.05, 0) is 43.5 Å². The van der Waals surface area contributed by atoms with Crippen molar-refractivity contribution in [1.29, 1.82) is 0 Å². The highest BCUT2D eigenvalue weighted by Gasteiger charge is 2.30. The molecular formula is C16H19ClN4O2. The van der Waals surface area contributed by atoms with Crippen LogP contribution in [-0.4, -0.2) is 32.4 Å². The van der Waals surface area contributed by atoms with E-state index in [1.807, 2.05) is 31.2 Å². The van der Waals surface area contributed by atoms with Crippen LogP contribution in [0.5, 0.6) is 0 Å². The fourth-order valence-corrected chi connectivity index (χ4v) is 3.16. The molecule has 23 heavy (non-hydrogen) atoms. The molecular weight excluding hydrogens is 316 g/mol. The molecule has 0 amide bonds. The van der Waals surface area contributed by atoms with Gasteiger partial charge in [0.2, 0.25) is 0 Å². The van der Waals surface area contributed by atoms with Crippen LogP contribution in [-0.2, 0) is 11.3 Å². The second-order valence-electron chi connectivity index (χ2n) is 5.98. The Labute approximate surface area is 139 Å². The van der Waals surface area contributed by atoms with Crippen LogP contribution in [0.25, 0.3) is 0 Å². The highest BCUT2D eigenvalue weighted by atomic mass is 35.5. The topological polar surface area (TPSA) is 80.0 Å². The van der Waals surface area contributed by atoms with E-state index in [0.29, 0.717) is 18.1 Å². The van der Waals surface area contributed by atoms with Gasteiger partial charge in [0.1, 0.15) is 5.82 Å². The van der Waals surface area contributed by atoms with Gasteiger partial charge in [-0.2, -0.15) is 0 Å². The Morgan fingerprint density at radius 2 is 2.13 bits per heavy atom. The molecule has 2 N–H and O–H groups in total. The van der Waals surface area contributed by atoms with Gasteiger partial charge in [0, 0.05) is 11.4 Å². The molecule has 2 atom stereocenters. The molecule has 1 aromatic carbocycles. The number of nitrogens with one attached hydrogen (secondary N) is 1. The Bertz CT molecular complexity index is 699. The Morgan fingerprint density at radius 1 is 1.39 bits per heavy atom. The molecule has 1 saturated heterocycles. The predicted molar refractivity (Wildman–Crippen MR) is 86.4 cm³/mol. The van der Waals surface area contributed by atoms with Crippen LogP contribution >= 0.6 is 11.6 Å². The molecule has 2 heterocycles. The second kappa shape index (κ2) is 6.68. The molecule has 0 aliphatic carbocycles. The second-order valence-corrected chi connectivity index (χ2v) is 6.41. The summed E-state index contributed by atoms with van der Waals surface area (Å²) in [6.45, 7) is 3.30. The summed E-state index contributed by atoms with van der Waals surface area (Å²) < 4.78 is 2.07. The summed E-state index contributed by atoms with van der Waals surface area (Å²) in [6, 6.07) is 7.76. The number of carbonyl (C=O) groups is 1. The number of halogens is 1. The van der Waals surface area contributed by atoms with E-state index in [1.165, 1.54) is 0 Å². The zero-order chi connectivity index (χ0) is 16.4. The molecule has 2 aromatic rings. The number of aromatic nitrogens is 3. The van der Waals surface area contributed by atoms with Gasteiger partial charge >= 0.3 is 5.97 Å². The first kappa shape index (κ1) is 16.0. The molecule has 1 aromatic heterocycles. The molecule has 1 aliphatic rings. The maximum absolute atomic E-state index is 10.9. The van der Waals surface area contributed by atoms with Crippen LogP contribution in [0.4, 0.5) is 0 Å². The van der Waals surface area contributed by atoms with Crippen LogP contribution in [0.1, 0.15) is 36.1 Å². The minimum atomic E-state index is -0.753. The molecule has 3 rings (SSSR count). The summed E-state index contributed by atoms with van der Waals surface area (Å²) in [5, 5.41) is 21.5. The zero-order valence-electron chi connectivity index (χ0n) is 12.9. The maximum Gasteiger partial charge on any atom is 0.303 e. The Morgan fingerprint density at radius 3 is 2.83 bits per heavy atom. The third-order valence-electron chi connectivity index (χ3n) is 4.22. The third-order valence-corrected chi connectivity index (χ3v) is 4.47. The number of nitrogens with zero attached hydrogens (tertiary/aromatic N) is 3. The van der Waals surface area contributed by atoms with Crippen molar-refractivity contribution in [3.63, 3.8) is 0 Å². The van der Waals surface area contributed by atoms with Crippen molar-refractivity contribution in [1.82, 2.24) is 20.1 Å². The van der Waals surface area contributed by atoms with Crippen LogP contribution < -0.4 is 5.32 Å². The fourth-order valence-electron chi connectivity index (χ4n) is 3.03. The summed E-state index contributed by atoms with van der Waals surface area (Å²) in [7, 11) is 0. The quantitative estimate of drug-likeness (QED) is 0.877. The third kappa shape index (κ3) is 3.71. The van der Waals surface area contributed by atoms with E-state index in [9.17, 15) is 4.79 Å². The monoisotopic (exact) mass is 334 g/mol. The molecule has 122 valence electrons. The Balaban J connectivity index is 1.76. The average Bonchev–Trinajstić information content (AvgIpc) is 3.09. The molecule has 1 aliphatic heterocycles. The summed E-state index contributed by atoms with van der Waals surface area (Å²) in [6.07, 6.45) is 0.957. The average molecular weight is 335 g/mol. The van der Waals surface area contributed by atoms with Gasteiger partial charge in [-0.1, -0.05) is 23.7 Å². The van der Waals surface area contributed by atoms with E-state index in [1.54, 1.807) is 0 Å². The lowest BCUT2D eigenvalue weighted by molar-refractivity contribution is -0.137. The van der Waals surface area contributed by atoms with Crippen molar-refractivity contribution in [3.05, 3.63) is 46.5 Å². The van der Waals surface area contributed by atoms with Gasteiger partial charge in [-0.3, -0.25) is 4.79 Å². The van der Waals surface area contributed by atoms with E-state index < -0.39 is 5.97 Å². The van der Waals surface area contributed by atoms with Gasteiger partial charge in [0.05, 0.1) is 12.6 Å². The summed E-state index contributed by atoms with van der Waals surface area (Å²) in [5.74, 6) is 1.10. The van der Waals surface area contributed by atoms with E-state index in [-0.39, 0.29) is 18.4 Å². The van der Waals surface area contributed by atoms with Gasteiger partial charge in [0.15, 0.2) is 5.82 Å². The standard InChI is InChI=1S/C16H19ClN4O2/c1-10-19-20-16(14-6-12(8-18-14)7-15(22)23)21(10)9-11-2-4-13(17)5-3-11/h2-5,12,14,18H,6-9H2,1H3,(H,22,23)/t12-,14-/m1/s1. The lowest BCUT2D eigenvalue weighted by Gasteiger charge is -2.14.